The number of fused-ring (bicyclic) bond motifs is 1. The van der Waals surface area contributed by atoms with Crippen LogP contribution in [0.1, 0.15) is 39.5 Å². The molecule has 0 aliphatic carbocycles. The predicted molar refractivity (Wildman–Crippen MR) is 80.3 cm³/mol. The van der Waals surface area contributed by atoms with Crippen molar-refractivity contribution in [3.05, 3.63) is 0 Å². The van der Waals surface area contributed by atoms with Gasteiger partial charge >= 0.3 is 6.09 Å². The first-order valence-corrected chi connectivity index (χ1v) is 8.37. The molecule has 0 saturated carbocycles. The SMILES string of the molecule is CC(C)C[C@@]12CCCN1C[C@@H](OC(=O)N1CCOCC1)C2. The summed E-state index contributed by atoms with van der Waals surface area (Å²) in [6.45, 7) is 9.24. The molecule has 2 atom stereocenters. The Morgan fingerprint density at radius 1 is 1.33 bits per heavy atom. The van der Waals surface area contributed by atoms with Gasteiger partial charge in [0.2, 0.25) is 0 Å². The van der Waals surface area contributed by atoms with E-state index in [4.69, 9.17) is 9.47 Å². The summed E-state index contributed by atoms with van der Waals surface area (Å²) in [5, 5.41) is 0. The smallest absolute Gasteiger partial charge is 0.410 e. The topological polar surface area (TPSA) is 42.0 Å². The number of morpholine rings is 1. The van der Waals surface area contributed by atoms with E-state index in [0.717, 1.165) is 13.0 Å². The van der Waals surface area contributed by atoms with Crippen LogP contribution in [0, 0.1) is 5.92 Å². The molecule has 0 radical (unpaired) electrons. The van der Waals surface area contributed by atoms with E-state index in [0.29, 0.717) is 37.8 Å². The van der Waals surface area contributed by atoms with Crippen LogP contribution in [-0.2, 0) is 9.47 Å². The van der Waals surface area contributed by atoms with Crippen molar-refractivity contribution in [3.63, 3.8) is 0 Å². The fourth-order valence-corrected chi connectivity index (χ4v) is 4.36. The summed E-state index contributed by atoms with van der Waals surface area (Å²) in [6.07, 6.45) is 4.71. The molecule has 120 valence electrons. The van der Waals surface area contributed by atoms with Crippen LogP contribution in [0.25, 0.3) is 0 Å². The number of carbonyl (C=O) groups is 1. The Kier molecular flexibility index (Phi) is 4.41. The van der Waals surface area contributed by atoms with E-state index >= 15 is 0 Å². The molecule has 0 unspecified atom stereocenters. The second kappa shape index (κ2) is 6.13. The largest absolute Gasteiger partial charge is 0.445 e. The first kappa shape index (κ1) is 15.1. The Labute approximate surface area is 127 Å². The van der Waals surface area contributed by atoms with Crippen molar-refractivity contribution < 1.29 is 14.3 Å². The van der Waals surface area contributed by atoms with Gasteiger partial charge < -0.3 is 14.4 Å². The summed E-state index contributed by atoms with van der Waals surface area (Å²) >= 11 is 0. The Balaban J connectivity index is 1.57. The van der Waals surface area contributed by atoms with Crippen molar-refractivity contribution in [2.24, 2.45) is 5.92 Å². The highest BCUT2D eigenvalue weighted by atomic mass is 16.6. The second-order valence-corrected chi connectivity index (χ2v) is 7.18. The average Bonchev–Trinajstić information content (AvgIpc) is 2.94. The van der Waals surface area contributed by atoms with Gasteiger partial charge in [-0.05, 0) is 31.7 Å². The van der Waals surface area contributed by atoms with Crippen molar-refractivity contribution in [2.45, 2.75) is 51.2 Å². The van der Waals surface area contributed by atoms with Crippen LogP contribution >= 0.6 is 0 Å². The number of carbonyl (C=O) groups excluding carboxylic acids is 1. The first-order chi connectivity index (χ1) is 10.1. The molecular weight excluding hydrogens is 268 g/mol. The Bertz CT molecular complexity index is 382. The highest BCUT2D eigenvalue weighted by Crippen LogP contribution is 2.44. The minimum Gasteiger partial charge on any atom is -0.445 e. The van der Waals surface area contributed by atoms with Crippen molar-refractivity contribution >= 4 is 6.09 Å². The molecule has 3 saturated heterocycles. The van der Waals surface area contributed by atoms with Gasteiger partial charge in [-0.2, -0.15) is 0 Å². The molecule has 0 aromatic heterocycles. The van der Waals surface area contributed by atoms with Crippen molar-refractivity contribution in [1.29, 1.82) is 0 Å². The highest BCUT2D eigenvalue weighted by molar-refractivity contribution is 5.68. The zero-order chi connectivity index (χ0) is 14.9. The number of ether oxygens (including phenoxy) is 2. The molecule has 0 aromatic carbocycles. The van der Waals surface area contributed by atoms with E-state index in [-0.39, 0.29) is 12.2 Å². The lowest BCUT2D eigenvalue weighted by Gasteiger charge is -2.33. The van der Waals surface area contributed by atoms with Crippen molar-refractivity contribution in [3.8, 4) is 0 Å². The van der Waals surface area contributed by atoms with Gasteiger partial charge in [0, 0.05) is 31.6 Å². The minimum atomic E-state index is -0.149. The number of nitrogens with zero attached hydrogens (tertiary/aromatic N) is 2. The maximum atomic E-state index is 12.2. The summed E-state index contributed by atoms with van der Waals surface area (Å²) in [6, 6.07) is 0. The normalized spacial score (nSPS) is 33.5. The quantitative estimate of drug-likeness (QED) is 0.800. The number of rotatable bonds is 3. The standard InChI is InChI=1S/C16H28N2O3/c1-13(2)10-16-4-3-5-18(16)12-14(11-16)21-15(19)17-6-8-20-9-7-17/h13-14H,3-12H2,1-2H3/t14-,16+/m0/s1. The second-order valence-electron chi connectivity index (χ2n) is 7.18. The van der Waals surface area contributed by atoms with Gasteiger partial charge in [0.05, 0.1) is 13.2 Å². The fourth-order valence-electron chi connectivity index (χ4n) is 4.36. The van der Waals surface area contributed by atoms with Gasteiger partial charge in [0.1, 0.15) is 6.10 Å². The van der Waals surface area contributed by atoms with E-state index in [1.165, 1.54) is 25.8 Å². The highest BCUT2D eigenvalue weighted by Gasteiger charge is 2.49. The Hall–Kier alpha value is -0.810. The van der Waals surface area contributed by atoms with E-state index in [1.807, 2.05) is 0 Å². The summed E-state index contributed by atoms with van der Waals surface area (Å²) < 4.78 is 11.1. The zero-order valence-corrected chi connectivity index (χ0v) is 13.3. The molecule has 0 spiro atoms. The molecule has 3 fully saturated rings. The molecular formula is C16H28N2O3. The van der Waals surface area contributed by atoms with Gasteiger partial charge in [-0.15, -0.1) is 0 Å². The molecule has 21 heavy (non-hydrogen) atoms. The molecule has 3 rings (SSSR count). The lowest BCUT2D eigenvalue weighted by Crippen LogP contribution is -2.42. The molecule has 3 aliphatic rings. The minimum absolute atomic E-state index is 0.0689. The molecule has 0 N–H and O–H groups in total. The van der Waals surface area contributed by atoms with Gasteiger partial charge in [0.25, 0.3) is 0 Å². The third kappa shape index (κ3) is 3.19. The number of hydrogen-bond acceptors (Lipinski definition) is 4. The maximum absolute atomic E-state index is 12.2. The molecule has 5 nitrogen and oxygen atoms in total. The van der Waals surface area contributed by atoms with Crippen LogP contribution in [0.15, 0.2) is 0 Å². The van der Waals surface area contributed by atoms with Crippen LogP contribution in [0.4, 0.5) is 4.79 Å². The van der Waals surface area contributed by atoms with Gasteiger partial charge in [-0.3, -0.25) is 4.90 Å². The zero-order valence-electron chi connectivity index (χ0n) is 13.3. The summed E-state index contributed by atoms with van der Waals surface area (Å²) in [4.78, 5) is 16.6. The molecule has 1 amide bonds. The van der Waals surface area contributed by atoms with Gasteiger partial charge in [-0.25, -0.2) is 4.79 Å². The molecule has 3 aliphatic heterocycles. The van der Waals surface area contributed by atoms with Crippen LogP contribution < -0.4 is 0 Å². The average molecular weight is 296 g/mol. The lowest BCUT2D eigenvalue weighted by atomic mass is 9.85. The van der Waals surface area contributed by atoms with Crippen molar-refractivity contribution in [2.75, 3.05) is 39.4 Å². The van der Waals surface area contributed by atoms with Crippen LogP contribution in [0.3, 0.4) is 0 Å². The summed E-state index contributed by atoms with van der Waals surface area (Å²) in [5.74, 6) is 0.694. The molecule has 3 heterocycles. The van der Waals surface area contributed by atoms with E-state index in [9.17, 15) is 4.79 Å². The molecule has 0 bridgehead atoms. The molecule has 0 aromatic rings. The first-order valence-electron chi connectivity index (χ1n) is 8.37. The predicted octanol–water partition coefficient (Wildman–Crippen LogP) is 2.11. The lowest BCUT2D eigenvalue weighted by molar-refractivity contribution is 0.0137. The third-order valence-electron chi connectivity index (χ3n) is 5.10. The Morgan fingerprint density at radius 3 is 2.81 bits per heavy atom. The maximum Gasteiger partial charge on any atom is 0.410 e. The monoisotopic (exact) mass is 296 g/mol. The Morgan fingerprint density at radius 2 is 2.10 bits per heavy atom. The summed E-state index contributed by atoms with van der Waals surface area (Å²) in [7, 11) is 0. The van der Waals surface area contributed by atoms with Gasteiger partial charge in [0.15, 0.2) is 0 Å². The number of amides is 1. The van der Waals surface area contributed by atoms with Crippen LogP contribution in [0.2, 0.25) is 0 Å². The van der Waals surface area contributed by atoms with E-state index in [2.05, 4.69) is 18.7 Å². The van der Waals surface area contributed by atoms with Gasteiger partial charge in [-0.1, -0.05) is 13.8 Å². The van der Waals surface area contributed by atoms with Crippen molar-refractivity contribution in [1.82, 2.24) is 9.80 Å². The van der Waals surface area contributed by atoms with Crippen LogP contribution in [0.5, 0.6) is 0 Å². The van der Waals surface area contributed by atoms with Crippen LogP contribution in [-0.4, -0.2) is 66.9 Å². The number of hydrogen-bond donors (Lipinski definition) is 0. The van der Waals surface area contributed by atoms with E-state index in [1.54, 1.807) is 4.90 Å². The fraction of sp³-hybridized carbons (Fsp3) is 0.938. The summed E-state index contributed by atoms with van der Waals surface area (Å²) in [5.41, 5.74) is 0.296. The third-order valence-corrected chi connectivity index (χ3v) is 5.10. The molecule has 5 heteroatoms. The van der Waals surface area contributed by atoms with E-state index < -0.39 is 0 Å².